The smallest absolute Gasteiger partial charge is 0.234 e. The van der Waals surface area contributed by atoms with Gasteiger partial charge in [0.05, 0.1) is 19.0 Å². The molecule has 4 aromatic rings. The second-order valence-electron chi connectivity index (χ2n) is 8.27. The number of aromatic nitrogens is 3. The number of nitrogens with one attached hydrogen (secondary N) is 1. The predicted octanol–water partition coefficient (Wildman–Crippen LogP) is 4.55. The molecule has 5 rings (SSSR count). The van der Waals surface area contributed by atoms with Crippen LogP contribution in [0.15, 0.2) is 84.0 Å². The van der Waals surface area contributed by atoms with Gasteiger partial charge in [-0.2, -0.15) is 0 Å². The summed E-state index contributed by atoms with van der Waals surface area (Å²) >= 11 is 1.27. The Morgan fingerprint density at radius 3 is 2.43 bits per heavy atom. The van der Waals surface area contributed by atoms with E-state index in [2.05, 4.69) is 20.4 Å². The topological polar surface area (TPSA) is 81.5 Å². The number of halogens is 1. The van der Waals surface area contributed by atoms with E-state index < -0.39 is 5.82 Å². The van der Waals surface area contributed by atoms with Crippen molar-refractivity contribution in [3.8, 4) is 11.4 Å². The molecule has 0 unspecified atom stereocenters. The molecule has 3 aromatic carbocycles. The van der Waals surface area contributed by atoms with E-state index in [9.17, 15) is 9.18 Å². The summed E-state index contributed by atoms with van der Waals surface area (Å²) in [6, 6.07) is 23.6. The van der Waals surface area contributed by atoms with E-state index in [1.54, 1.807) is 18.2 Å². The van der Waals surface area contributed by atoms with Crippen LogP contribution in [-0.2, 0) is 16.1 Å². The van der Waals surface area contributed by atoms with Crippen molar-refractivity contribution < 1.29 is 18.7 Å². The van der Waals surface area contributed by atoms with Gasteiger partial charge >= 0.3 is 0 Å². The number of anilines is 2. The summed E-state index contributed by atoms with van der Waals surface area (Å²) in [7, 11) is 0. The van der Waals surface area contributed by atoms with Crippen molar-refractivity contribution in [3.05, 3.63) is 90.5 Å². The number of hydrogen-bond acceptors (Lipinski definition) is 7. The van der Waals surface area contributed by atoms with Gasteiger partial charge in [0.25, 0.3) is 0 Å². The number of nitrogens with zero attached hydrogens (tertiary/aromatic N) is 4. The molecule has 1 N–H and O–H groups in total. The molecule has 8 nitrogen and oxygen atoms in total. The number of ether oxygens (including phenoxy) is 2. The van der Waals surface area contributed by atoms with Crippen molar-refractivity contribution >= 4 is 29.0 Å². The molecule has 0 saturated carbocycles. The maximum atomic E-state index is 14.0. The van der Waals surface area contributed by atoms with Crippen LogP contribution in [0.1, 0.15) is 5.82 Å². The molecule has 10 heteroatoms. The van der Waals surface area contributed by atoms with E-state index in [1.165, 1.54) is 17.8 Å². The van der Waals surface area contributed by atoms with E-state index in [4.69, 9.17) is 9.47 Å². The Morgan fingerprint density at radius 1 is 0.946 bits per heavy atom. The molecular weight excluding hydrogens is 493 g/mol. The third-order valence-electron chi connectivity index (χ3n) is 5.77. The largest absolute Gasteiger partial charge is 0.483 e. The summed E-state index contributed by atoms with van der Waals surface area (Å²) in [5.74, 6) is 0.174. The number of thioether (sulfide) groups is 1. The van der Waals surface area contributed by atoms with Crippen LogP contribution in [0.5, 0.6) is 5.75 Å². The Kier molecular flexibility index (Phi) is 7.97. The van der Waals surface area contributed by atoms with Gasteiger partial charge in [0.1, 0.15) is 6.61 Å². The summed E-state index contributed by atoms with van der Waals surface area (Å²) in [5, 5.41) is 12.0. The van der Waals surface area contributed by atoms with Crippen molar-refractivity contribution in [2.45, 2.75) is 11.8 Å². The van der Waals surface area contributed by atoms with E-state index in [-0.39, 0.29) is 24.0 Å². The average Bonchev–Trinajstić information content (AvgIpc) is 3.35. The van der Waals surface area contributed by atoms with Crippen LogP contribution < -0.4 is 15.0 Å². The molecule has 190 valence electrons. The molecule has 1 saturated heterocycles. The number of hydrogen-bond donors (Lipinski definition) is 1. The lowest BCUT2D eigenvalue weighted by molar-refractivity contribution is -0.113. The third-order valence-corrected chi connectivity index (χ3v) is 6.70. The van der Waals surface area contributed by atoms with Crippen LogP contribution in [0, 0.1) is 5.82 Å². The molecule has 2 heterocycles. The maximum Gasteiger partial charge on any atom is 0.234 e. The number of carbonyl (C=O) groups is 1. The molecule has 0 spiro atoms. The first-order chi connectivity index (χ1) is 18.2. The van der Waals surface area contributed by atoms with Gasteiger partial charge in [0.2, 0.25) is 5.91 Å². The fourth-order valence-electron chi connectivity index (χ4n) is 3.93. The molecule has 0 atom stereocenters. The van der Waals surface area contributed by atoms with Gasteiger partial charge in [-0.25, -0.2) is 4.39 Å². The molecule has 1 fully saturated rings. The monoisotopic (exact) mass is 519 g/mol. The Morgan fingerprint density at radius 2 is 1.68 bits per heavy atom. The van der Waals surface area contributed by atoms with Crippen molar-refractivity contribution in [2.24, 2.45) is 0 Å². The molecule has 37 heavy (non-hydrogen) atoms. The van der Waals surface area contributed by atoms with Crippen LogP contribution >= 0.6 is 11.8 Å². The Balaban J connectivity index is 1.24. The van der Waals surface area contributed by atoms with Crippen molar-refractivity contribution in [2.75, 3.05) is 42.3 Å². The number of benzene rings is 3. The first-order valence-electron chi connectivity index (χ1n) is 11.9. The minimum atomic E-state index is -0.447. The van der Waals surface area contributed by atoms with Gasteiger partial charge in [0.15, 0.2) is 22.5 Å². The second-order valence-corrected chi connectivity index (χ2v) is 9.21. The molecular formula is C27H26FN5O3S. The van der Waals surface area contributed by atoms with Crippen LogP contribution in [-0.4, -0.2) is 52.7 Å². The molecule has 1 amide bonds. The highest BCUT2D eigenvalue weighted by Gasteiger charge is 2.17. The van der Waals surface area contributed by atoms with E-state index >= 15 is 0 Å². The lowest BCUT2D eigenvalue weighted by atomic mass is 10.2. The molecule has 0 aliphatic carbocycles. The van der Waals surface area contributed by atoms with E-state index in [1.807, 2.05) is 59.2 Å². The van der Waals surface area contributed by atoms with Gasteiger partial charge in [-0.1, -0.05) is 42.1 Å². The normalized spacial score (nSPS) is 13.4. The zero-order chi connectivity index (χ0) is 25.5. The molecule has 0 radical (unpaired) electrons. The van der Waals surface area contributed by atoms with E-state index in [0.717, 1.165) is 43.4 Å². The molecule has 1 aliphatic rings. The van der Waals surface area contributed by atoms with Gasteiger partial charge in [-0.15, -0.1) is 10.2 Å². The van der Waals surface area contributed by atoms with Crippen LogP contribution in [0.2, 0.25) is 0 Å². The number of carbonyl (C=O) groups excluding carboxylic acids is 1. The molecule has 1 aliphatic heterocycles. The van der Waals surface area contributed by atoms with Gasteiger partial charge in [0, 0.05) is 30.2 Å². The van der Waals surface area contributed by atoms with E-state index in [0.29, 0.717) is 11.0 Å². The Hall–Kier alpha value is -3.89. The number of morpholine rings is 1. The fraction of sp³-hybridized carbons (Fsp3) is 0.222. The number of amides is 1. The maximum absolute atomic E-state index is 14.0. The summed E-state index contributed by atoms with van der Waals surface area (Å²) in [4.78, 5) is 15.0. The summed E-state index contributed by atoms with van der Waals surface area (Å²) in [6.45, 7) is 3.18. The highest BCUT2D eigenvalue weighted by Crippen LogP contribution is 2.25. The molecule has 0 bridgehead atoms. The van der Waals surface area contributed by atoms with Gasteiger partial charge in [-0.05, 0) is 48.5 Å². The van der Waals surface area contributed by atoms with Crippen molar-refractivity contribution in [3.63, 3.8) is 0 Å². The zero-order valence-electron chi connectivity index (χ0n) is 20.0. The minimum Gasteiger partial charge on any atom is -0.483 e. The predicted molar refractivity (Wildman–Crippen MR) is 141 cm³/mol. The van der Waals surface area contributed by atoms with Gasteiger partial charge < -0.3 is 19.7 Å². The first-order valence-corrected chi connectivity index (χ1v) is 12.9. The lowest BCUT2D eigenvalue weighted by Crippen LogP contribution is -2.36. The number of para-hydroxylation sites is 2. The highest BCUT2D eigenvalue weighted by atomic mass is 32.2. The Bertz CT molecular complexity index is 1330. The summed E-state index contributed by atoms with van der Waals surface area (Å²) < 4.78 is 26.9. The van der Waals surface area contributed by atoms with Crippen molar-refractivity contribution in [1.82, 2.24) is 14.8 Å². The SMILES string of the molecule is O=C(CSc1nnc(COc2ccccc2F)n1-c1ccccc1)Nc1ccc(N2CCOCC2)cc1. The molecule has 1 aromatic heterocycles. The van der Waals surface area contributed by atoms with Crippen LogP contribution in [0.3, 0.4) is 0 Å². The second kappa shape index (κ2) is 11.9. The summed E-state index contributed by atoms with van der Waals surface area (Å²) in [5.41, 5.74) is 2.66. The highest BCUT2D eigenvalue weighted by molar-refractivity contribution is 7.99. The Labute approximate surface area is 218 Å². The lowest BCUT2D eigenvalue weighted by Gasteiger charge is -2.28. The summed E-state index contributed by atoms with van der Waals surface area (Å²) in [6.07, 6.45) is 0. The number of rotatable bonds is 9. The zero-order valence-corrected chi connectivity index (χ0v) is 20.9. The standard InChI is InChI=1S/C27H26FN5O3S/c28-23-8-4-5-9-24(23)36-18-25-30-31-27(33(25)22-6-2-1-3-7-22)37-19-26(34)29-20-10-12-21(13-11-20)32-14-16-35-17-15-32/h1-13H,14-19H2,(H,29,34). The first kappa shape index (κ1) is 24.8. The third kappa shape index (κ3) is 6.28. The van der Waals surface area contributed by atoms with Crippen LogP contribution in [0.4, 0.5) is 15.8 Å². The minimum absolute atomic E-state index is 0.0189. The quantitative estimate of drug-likeness (QED) is 0.325. The van der Waals surface area contributed by atoms with Gasteiger partial charge in [-0.3, -0.25) is 9.36 Å². The van der Waals surface area contributed by atoms with Crippen LogP contribution in [0.25, 0.3) is 5.69 Å². The average molecular weight is 520 g/mol. The fourth-order valence-corrected chi connectivity index (χ4v) is 4.70. The van der Waals surface area contributed by atoms with Crippen molar-refractivity contribution in [1.29, 1.82) is 0 Å².